The quantitative estimate of drug-likeness (QED) is 0.582. The summed E-state index contributed by atoms with van der Waals surface area (Å²) in [6.45, 7) is 0.833. The second-order valence-corrected chi connectivity index (χ2v) is 3.12. The zero-order valence-corrected chi connectivity index (χ0v) is 8.92. The van der Waals surface area contributed by atoms with Crippen LogP contribution >= 0.6 is 11.6 Å². The highest BCUT2D eigenvalue weighted by Crippen LogP contribution is 2.07. The Kier molecular flexibility index (Phi) is 5.07. The molecule has 0 saturated carbocycles. The highest BCUT2D eigenvalue weighted by molar-refractivity contribution is 6.17. The SMILES string of the molecule is COc1ccnc(NCCCCCl)n1. The number of rotatable bonds is 6. The van der Waals surface area contributed by atoms with E-state index in [1.807, 2.05) is 0 Å². The van der Waals surface area contributed by atoms with Crippen molar-refractivity contribution in [2.45, 2.75) is 12.8 Å². The average molecular weight is 216 g/mol. The van der Waals surface area contributed by atoms with Crippen LogP contribution in [-0.2, 0) is 0 Å². The van der Waals surface area contributed by atoms with Crippen molar-refractivity contribution in [3.8, 4) is 5.88 Å². The standard InChI is InChI=1S/C9H14ClN3O/c1-14-8-4-7-12-9(13-8)11-6-3-2-5-10/h4,7H,2-3,5-6H2,1H3,(H,11,12,13). The minimum absolute atomic E-state index is 0.569. The number of aromatic nitrogens is 2. The van der Waals surface area contributed by atoms with E-state index in [1.54, 1.807) is 19.4 Å². The average Bonchev–Trinajstić information content (AvgIpc) is 2.25. The Bertz CT molecular complexity index is 270. The van der Waals surface area contributed by atoms with Crippen molar-refractivity contribution in [3.05, 3.63) is 12.3 Å². The van der Waals surface area contributed by atoms with Crippen LogP contribution in [0.1, 0.15) is 12.8 Å². The Morgan fingerprint density at radius 2 is 2.36 bits per heavy atom. The monoisotopic (exact) mass is 215 g/mol. The molecule has 0 unspecified atom stereocenters. The fourth-order valence-corrected chi connectivity index (χ4v) is 1.15. The third-order valence-corrected chi connectivity index (χ3v) is 1.95. The van der Waals surface area contributed by atoms with Gasteiger partial charge in [-0.3, -0.25) is 0 Å². The minimum Gasteiger partial charge on any atom is -0.481 e. The molecule has 0 saturated heterocycles. The summed E-state index contributed by atoms with van der Waals surface area (Å²) in [5.74, 6) is 1.86. The highest BCUT2D eigenvalue weighted by atomic mass is 35.5. The van der Waals surface area contributed by atoms with Crippen molar-refractivity contribution in [1.29, 1.82) is 0 Å². The maximum atomic E-state index is 5.55. The number of halogens is 1. The maximum Gasteiger partial charge on any atom is 0.225 e. The summed E-state index contributed by atoms with van der Waals surface area (Å²) in [5, 5.41) is 3.09. The first-order valence-corrected chi connectivity index (χ1v) is 5.07. The van der Waals surface area contributed by atoms with Gasteiger partial charge in [-0.15, -0.1) is 11.6 Å². The van der Waals surface area contributed by atoms with Crippen molar-refractivity contribution < 1.29 is 4.74 Å². The predicted octanol–water partition coefficient (Wildman–Crippen LogP) is 1.92. The molecule has 1 aromatic heterocycles. The van der Waals surface area contributed by atoms with Gasteiger partial charge in [0.15, 0.2) is 0 Å². The lowest BCUT2D eigenvalue weighted by atomic mass is 10.3. The van der Waals surface area contributed by atoms with Crippen LogP contribution in [0.25, 0.3) is 0 Å². The maximum absolute atomic E-state index is 5.55. The summed E-state index contributed by atoms with van der Waals surface area (Å²) < 4.78 is 4.97. The summed E-state index contributed by atoms with van der Waals surface area (Å²) in [5.41, 5.74) is 0. The van der Waals surface area contributed by atoms with Crippen molar-refractivity contribution in [2.24, 2.45) is 0 Å². The van der Waals surface area contributed by atoms with Gasteiger partial charge in [0.2, 0.25) is 11.8 Å². The molecule has 14 heavy (non-hydrogen) atoms. The summed E-state index contributed by atoms with van der Waals surface area (Å²) in [7, 11) is 1.58. The van der Waals surface area contributed by atoms with Crippen LogP contribution in [0.4, 0.5) is 5.95 Å². The van der Waals surface area contributed by atoms with Gasteiger partial charge in [0.1, 0.15) is 0 Å². The van der Waals surface area contributed by atoms with Gasteiger partial charge in [-0.25, -0.2) is 4.98 Å². The summed E-state index contributed by atoms with van der Waals surface area (Å²) in [6.07, 6.45) is 3.68. The van der Waals surface area contributed by atoms with E-state index >= 15 is 0 Å². The Morgan fingerprint density at radius 1 is 1.50 bits per heavy atom. The Balaban J connectivity index is 2.34. The van der Waals surface area contributed by atoms with Crippen LogP contribution in [0.3, 0.4) is 0 Å². The van der Waals surface area contributed by atoms with Crippen molar-refractivity contribution in [1.82, 2.24) is 9.97 Å². The molecule has 4 nitrogen and oxygen atoms in total. The van der Waals surface area contributed by atoms with E-state index in [9.17, 15) is 0 Å². The van der Waals surface area contributed by atoms with Crippen LogP contribution in [0.5, 0.6) is 5.88 Å². The molecule has 1 N–H and O–H groups in total. The molecular weight excluding hydrogens is 202 g/mol. The highest BCUT2D eigenvalue weighted by Gasteiger charge is 1.97. The second kappa shape index (κ2) is 6.43. The van der Waals surface area contributed by atoms with E-state index < -0.39 is 0 Å². The number of anilines is 1. The van der Waals surface area contributed by atoms with Crippen LogP contribution < -0.4 is 10.1 Å². The van der Waals surface area contributed by atoms with Gasteiger partial charge in [0.05, 0.1) is 7.11 Å². The molecule has 5 heteroatoms. The molecule has 0 radical (unpaired) electrons. The van der Waals surface area contributed by atoms with Gasteiger partial charge in [-0.05, 0) is 12.8 Å². The van der Waals surface area contributed by atoms with Crippen LogP contribution in [-0.4, -0.2) is 29.5 Å². The molecule has 0 atom stereocenters. The molecular formula is C9H14ClN3O. The fraction of sp³-hybridized carbons (Fsp3) is 0.556. The minimum atomic E-state index is 0.569. The lowest BCUT2D eigenvalue weighted by Crippen LogP contribution is -2.05. The molecule has 0 amide bonds. The van der Waals surface area contributed by atoms with E-state index in [-0.39, 0.29) is 0 Å². The van der Waals surface area contributed by atoms with Gasteiger partial charge in [0.25, 0.3) is 0 Å². The number of hydrogen-bond acceptors (Lipinski definition) is 4. The molecule has 0 fully saturated rings. The van der Waals surface area contributed by atoms with Crippen LogP contribution in [0.15, 0.2) is 12.3 Å². The van der Waals surface area contributed by atoms with Gasteiger partial charge in [0, 0.05) is 24.7 Å². The fourth-order valence-electron chi connectivity index (χ4n) is 0.961. The zero-order chi connectivity index (χ0) is 10.2. The van der Waals surface area contributed by atoms with Gasteiger partial charge in [-0.1, -0.05) is 0 Å². The number of unbranched alkanes of at least 4 members (excludes halogenated alkanes) is 1. The first kappa shape index (κ1) is 11.0. The van der Waals surface area contributed by atoms with E-state index in [4.69, 9.17) is 16.3 Å². The normalized spacial score (nSPS) is 9.86. The largest absolute Gasteiger partial charge is 0.481 e. The number of hydrogen-bond donors (Lipinski definition) is 1. The third kappa shape index (κ3) is 3.79. The predicted molar refractivity (Wildman–Crippen MR) is 57.0 cm³/mol. The number of alkyl halides is 1. The smallest absolute Gasteiger partial charge is 0.225 e. The van der Waals surface area contributed by atoms with Crippen molar-refractivity contribution in [2.75, 3.05) is 24.9 Å². The Morgan fingerprint density at radius 3 is 3.07 bits per heavy atom. The number of nitrogens with zero attached hydrogens (tertiary/aromatic N) is 2. The third-order valence-electron chi connectivity index (χ3n) is 1.68. The first-order valence-electron chi connectivity index (χ1n) is 4.53. The van der Waals surface area contributed by atoms with E-state index in [2.05, 4.69) is 15.3 Å². The van der Waals surface area contributed by atoms with E-state index in [0.29, 0.717) is 17.7 Å². The molecule has 0 aliphatic heterocycles. The molecule has 0 aliphatic rings. The molecule has 0 spiro atoms. The summed E-state index contributed by atoms with van der Waals surface area (Å²) in [4.78, 5) is 8.16. The molecule has 1 aromatic rings. The lowest BCUT2D eigenvalue weighted by Gasteiger charge is -2.04. The van der Waals surface area contributed by atoms with E-state index in [1.165, 1.54) is 0 Å². The molecule has 0 aromatic carbocycles. The topological polar surface area (TPSA) is 47.0 Å². The Labute approximate surface area is 88.7 Å². The lowest BCUT2D eigenvalue weighted by molar-refractivity contribution is 0.397. The number of methoxy groups -OCH3 is 1. The number of ether oxygens (including phenoxy) is 1. The first-order chi connectivity index (χ1) is 6.86. The Hall–Kier alpha value is -1.03. The van der Waals surface area contributed by atoms with E-state index in [0.717, 1.165) is 19.4 Å². The van der Waals surface area contributed by atoms with Gasteiger partial charge in [-0.2, -0.15) is 4.98 Å². The molecule has 0 bridgehead atoms. The van der Waals surface area contributed by atoms with Crippen LogP contribution in [0.2, 0.25) is 0 Å². The summed E-state index contributed by atoms with van der Waals surface area (Å²) >= 11 is 5.55. The number of nitrogens with one attached hydrogen (secondary N) is 1. The molecule has 1 heterocycles. The summed E-state index contributed by atoms with van der Waals surface area (Å²) in [6, 6.07) is 1.71. The van der Waals surface area contributed by atoms with Crippen molar-refractivity contribution in [3.63, 3.8) is 0 Å². The molecule has 1 rings (SSSR count). The molecule has 0 aliphatic carbocycles. The van der Waals surface area contributed by atoms with Gasteiger partial charge < -0.3 is 10.1 Å². The molecule has 78 valence electrons. The van der Waals surface area contributed by atoms with Gasteiger partial charge >= 0.3 is 0 Å². The van der Waals surface area contributed by atoms with Crippen molar-refractivity contribution >= 4 is 17.5 Å². The second-order valence-electron chi connectivity index (χ2n) is 2.75. The van der Waals surface area contributed by atoms with Crippen LogP contribution in [0, 0.1) is 0 Å². The zero-order valence-electron chi connectivity index (χ0n) is 8.16.